The van der Waals surface area contributed by atoms with E-state index in [9.17, 15) is 9.90 Å². The van der Waals surface area contributed by atoms with Crippen LogP contribution in [0.4, 0.5) is 0 Å². The smallest absolute Gasteiger partial charge is 0.256 e. The van der Waals surface area contributed by atoms with Crippen molar-refractivity contribution in [2.24, 2.45) is 0 Å². The van der Waals surface area contributed by atoms with Crippen LogP contribution in [0.2, 0.25) is 0 Å². The molecule has 5 heteroatoms. The van der Waals surface area contributed by atoms with Crippen molar-refractivity contribution in [1.82, 2.24) is 5.32 Å². The molecular weight excluding hydrogens is 282 g/mol. The van der Waals surface area contributed by atoms with Gasteiger partial charge >= 0.3 is 0 Å². The van der Waals surface area contributed by atoms with E-state index in [0.29, 0.717) is 28.8 Å². The van der Waals surface area contributed by atoms with E-state index < -0.39 is 0 Å². The van der Waals surface area contributed by atoms with Gasteiger partial charge in [0, 0.05) is 17.5 Å². The van der Waals surface area contributed by atoms with Crippen LogP contribution in [0.25, 0.3) is 22.3 Å². The molecule has 0 unspecified atom stereocenters. The van der Waals surface area contributed by atoms with Crippen molar-refractivity contribution < 1.29 is 19.1 Å². The van der Waals surface area contributed by atoms with Gasteiger partial charge in [0.25, 0.3) is 5.91 Å². The van der Waals surface area contributed by atoms with Crippen LogP contribution in [0.3, 0.4) is 0 Å². The van der Waals surface area contributed by atoms with Gasteiger partial charge < -0.3 is 19.6 Å². The van der Waals surface area contributed by atoms with Crippen LogP contribution >= 0.6 is 0 Å². The van der Waals surface area contributed by atoms with Gasteiger partial charge in [-0.25, -0.2) is 0 Å². The molecule has 1 aromatic heterocycles. The third-order valence-corrected chi connectivity index (χ3v) is 3.90. The fourth-order valence-electron chi connectivity index (χ4n) is 2.83. The highest BCUT2D eigenvalue weighted by Crippen LogP contribution is 2.39. The molecule has 0 saturated heterocycles. The lowest BCUT2D eigenvalue weighted by Gasteiger charge is -2.07. The average molecular weight is 295 g/mol. The number of benzene rings is 2. The van der Waals surface area contributed by atoms with Crippen LogP contribution < -0.4 is 10.1 Å². The number of phenolic OH excluding ortho intramolecular Hbond substituents is 1. The van der Waals surface area contributed by atoms with Gasteiger partial charge in [0.15, 0.2) is 0 Å². The molecule has 0 aliphatic carbocycles. The number of aromatic hydroxyl groups is 1. The van der Waals surface area contributed by atoms with E-state index >= 15 is 0 Å². The first-order valence-corrected chi connectivity index (χ1v) is 6.88. The van der Waals surface area contributed by atoms with Crippen LogP contribution in [0, 0.1) is 0 Å². The fourth-order valence-corrected chi connectivity index (χ4v) is 2.83. The minimum atomic E-state index is -0.213. The number of carbonyl (C=O) groups excluding carboxylic acids is 1. The van der Waals surface area contributed by atoms with Crippen molar-refractivity contribution in [3.8, 4) is 22.8 Å². The minimum absolute atomic E-state index is 0.100. The fraction of sp³-hybridized carbons (Fsp3) is 0.118. The summed E-state index contributed by atoms with van der Waals surface area (Å²) in [5, 5.41) is 13.2. The van der Waals surface area contributed by atoms with Gasteiger partial charge in [0.1, 0.15) is 22.8 Å². The number of fused-ring (bicyclic) bond motifs is 5. The van der Waals surface area contributed by atoms with Gasteiger partial charge in [-0.15, -0.1) is 0 Å². The van der Waals surface area contributed by atoms with Crippen molar-refractivity contribution >= 4 is 16.9 Å². The van der Waals surface area contributed by atoms with Crippen LogP contribution in [0.1, 0.15) is 15.9 Å². The molecule has 110 valence electrons. The Labute approximate surface area is 126 Å². The summed E-state index contributed by atoms with van der Waals surface area (Å²) in [7, 11) is 1.60. The summed E-state index contributed by atoms with van der Waals surface area (Å²) >= 11 is 0. The van der Waals surface area contributed by atoms with Crippen LogP contribution in [-0.4, -0.2) is 18.1 Å². The van der Waals surface area contributed by atoms with Crippen molar-refractivity contribution in [3.05, 3.63) is 47.5 Å². The van der Waals surface area contributed by atoms with Crippen molar-refractivity contribution in [1.29, 1.82) is 0 Å². The van der Waals surface area contributed by atoms with E-state index in [1.165, 1.54) is 6.07 Å². The first kappa shape index (κ1) is 12.8. The molecular formula is C17H13NO4. The van der Waals surface area contributed by atoms with E-state index in [1.54, 1.807) is 19.2 Å². The minimum Gasteiger partial charge on any atom is -0.508 e. The highest BCUT2D eigenvalue weighted by molar-refractivity contribution is 6.12. The van der Waals surface area contributed by atoms with Crippen LogP contribution in [0.15, 0.2) is 40.8 Å². The van der Waals surface area contributed by atoms with Gasteiger partial charge in [-0.1, -0.05) is 0 Å². The van der Waals surface area contributed by atoms with Gasteiger partial charge in [-0.2, -0.15) is 0 Å². The standard InChI is InChI=1S/C17H13NO4/c1-21-11-3-4-12-9(6-11)8-18-17(20)15-13-7-10(19)2-5-14(13)22-16(12)15/h2-7,19H,8H2,1H3,(H,18,20). The maximum atomic E-state index is 12.4. The number of phenols is 1. The molecule has 1 aliphatic heterocycles. The van der Waals surface area contributed by atoms with Crippen molar-refractivity contribution in [2.45, 2.75) is 6.54 Å². The molecule has 0 fully saturated rings. The van der Waals surface area contributed by atoms with Crippen molar-refractivity contribution in [3.63, 3.8) is 0 Å². The lowest BCUT2D eigenvalue weighted by molar-refractivity contribution is 0.0954. The Hall–Kier alpha value is -2.95. The second kappa shape index (κ2) is 4.53. The Morgan fingerprint density at radius 1 is 1.23 bits per heavy atom. The van der Waals surface area contributed by atoms with Crippen molar-refractivity contribution in [2.75, 3.05) is 7.11 Å². The summed E-state index contributed by atoms with van der Waals surface area (Å²) in [5.74, 6) is 1.14. The molecule has 2 aromatic carbocycles. The first-order valence-electron chi connectivity index (χ1n) is 6.88. The van der Waals surface area contributed by atoms with Crippen LogP contribution in [-0.2, 0) is 6.54 Å². The predicted molar refractivity (Wildman–Crippen MR) is 81.0 cm³/mol. The van der Waals surface area contributed by atoms with E-state index in [-0.39, 0.29) is 11.7 Å². The van der Waals surface area contributed by atoms with Gasteiger partial charge in [0.2, 0.25) is 0 Å². The SMILES string of the molecule is COc1ccc2c(c1)CNC(=O)c1c-2oc2ccc(O)cc12. The first-order chi connectivity index (χ1) is 10.7. The number of furan rings is 1. The zero-order valence-corrected chi connectivity index (χ0v) is 11.8. The molecule has 2 heterocycles. The molecule has 5 nitrogen and oxygen atoms in total. The summed E-state index contributed by atoms with van der Waals surface area (Å²) in [6.45, 7) is 0.399. The van der Waals surface area contributed by atoms with Gasteiger partial charge in [-0.05, 0) is 42.0 Å². The lowest BCUT2D eigenvalue weighted by atomic mass is 10.0. The molecule has 1 aliphatic rings. The topological polar surface area (TPSA) is 71.7 Å². The molecule has 0 spiro atoms. The second-order valence-electron chi connectivity index (χ2n) is 5.19. The van der Waals surface area contributed by atoms with Crippen LogP contribution in [0.5, 0.6) is 11.5 Å². The predicted octanol–water partition coefficient (Wildman–Crippen LogP) is 3.06. The molecule has 4 rings (SSSR count). The zero-order valence-electron chi connectivity index (χ0n) is 11.8. The maximum Gasteiger partial charge on any atom is 0.256 e. The highest BCUT2D eigenvalue weighted by atomic mass is 16.5. The number of nitrogens with one attached hydrogen (secondary N) is 1. The summed E-state index contributed by atoms with van der Waals surface area (Å²) in [5.41, 5.74) is 2.80. The molecule has 3 aromatic rings. The second-order valence-corrected chi connectivity index (χ2v) is 5.19. The Balaban J connectivity index is 2.05. The monoisotopic (exact) mass is 295 g/mol. The number of methoxy groups -OCH3 is 1. The van der Waals surface area contributed by atoms with E-state index in [1.807, 2.05) is 18.2 Å². The largest absolute Gasteiger partial charge is 0.508 e. The Morgan fingerprint density at radius 2 is 2.09 bits per heavy atom. The number of carbonyl (C=O) groups is 1. The summed E-state index contributed by atoms with van der Waals surface area (Å²) in [6, 6.07) is 10.4. The molecule has 0 radical (unpaired) electrons. The highest BCUT2D eigenvalue weighted by Gasteiger charge is 2.27. The third kappa shape index (κ3) is 1.75. The third-order valence-electron chi connectivity index (χ3n) is 3.90. The quantitative estimate of drug-likeness (QED) is 0.723. The Kier molecular flexibility index (Phi) is 2.63. The maximum absolute atomic E-state index is 12.4. The molecule has 1 amide bonds. The number of hydrogen-bond acceptors (Lipinski definition) is 4. The number of ether oxygens (including phenoxy) is 1. The Bertz CT molecular complexity index is 910. The van der Waals surface area contributed by atoms with Gasteiger partial charge in [0.05, 0.1) is 12.7 Å². The van der Waals surface area contributed by atoms with Gasteiger partial charge in [-0.3, -0.25) is 4.79 Å². The summed E-state index contributed by atoms with van der Waals surface area (Å²) < 4.78 is 11.1. The average Bonchev–Trinajstić information content (AvgIpc) is 2.84. The van der Waals surface area contributed by atoms with E-state index in [2.05, 4.69) is 5.32 Å². The number of hydrogen-bond donors (Lipinski definition) is 2. The Morgan fingerprint density at radius 3 is 2.91 bits per heavy atom. The molecule has 0 bridgehead atoms. The summed E-state index contributed by atoms with van der Waals surface area (Å²) in [4.78, 5) is 12.4. The molecule has 2 N–H and O–H groups in total. The van der Waals surface area contributed by atoms with E-state index in [4.69, 9.17) is 9.15 Å². The molecule has 0 saturated carbocycles. The van der Waals surface area contributed by atoms with E-state index in [0.717, 1.165) is 16.9 Å². The number of amides is 1. The summed E-state index contributed by atoms with van der Waals surface area (Å²) in [6.07, 6.45) is 0. The normalized spacial score (nSPS) is 13.2. The lowest BCUT2D eigenvalue weighted by Crippen LogP contribution is -2.21. The number of rotatable bonds is 1. The molecule has 22 heavy (non-hydrogen) atoms. The zero-order chi connectivity index (χ0) is 15.3. The molecule has 0 atom stereocenters.